The SMILES string of the molecule is CN(CC1CCCCC1)S(=O)(=O)c1ccc(O)c(N)c1. The molecule has 6 heteroatoms. The maximum atomic E-state index is 12.5. The zero-order valence-corrected chi connectivity index (χ0v) is 12.6. The molecule has 0 spiro atoms. The van der Waals surface area contributed by atoms with Gasteiger partial charge in [-0.05, 0) is 37.0 Å². The van der Waals surface area contributed by atoms with Crippen molar-refractivity contribution in [3.8, 4) is 5.75 Å². The van der Waals surface area contributed by atoms with Gasteiger partial charge in [0.15, 0.2) is 0 Å². The number of nitrogens with zero attached hydrogens (tertiary/aromatic N) is 1. The topological polar surface area (TPSA) is 83.6 Å². The molecule has 3 N–H and O–H groups in total. The quantitative estimate of drug-likeness (QED) is 0.659. The van der Waals surface area contributed by atoms with E-state index in [0.29, 0.717) is 12.5 Å². The third-order valence-electron chi connectivity index (χ3n) is 3.95. The van der Waals surface area contributed by atoms with Crippen LogP contribution in [0.4, 0.5) is 5.69 Å². The lowest BCUT2D eigenvalue weighted by atomic mass is 9.89. The minimum atomic E-state index is -3.54. The van der Waals surface area contributed by atoms with Gasteiger partial charge in [0, 0.05) is 13.6 Å². The number of rotatable bonds is 4. The number of hydrogen-bond donors (Lipinski definition) is 2. The van der Waals surface area contributed by atoms with E-state index in [1.807, 2.05) is 0 Å². The standard InChI is InChI=1S/C14H22N2O3S/c1-16(10-11-5-3-2-4-6-11)20(18,19)12-7-8-14(17)13(15)9-12/h7-9,11,17H,2-6,10,15H2,1H3. The Labute approximate surface area is 120 Å². The van der Waals surface area contributed by atoms with Gasteiger partial charge in [0.1, 0.15) is 5.75 Å². The molecule has 1 aromatic rings. The molecule has 1 fully saturated rings. The number of phenolic OH excluding ortho intramolecular Hbond substituents is 1. The van der Waals surface area contributed by atoms with Gasteiger partial charge in [-0.1, -0.05) is 19.3 Å². The van der Waals surface area contributed by atoms with Crippen LogP contribution in [0.5, 0.6) is 5.75 Å². The lowest BCUT2D eigenvalue weighted by molar-refractivity contribution is 0.300. The molecular weight excluding hydrogens is 276 g/mol. The van der Waals surface area contributed by atoms with Gasteiger partial charge < -0.3 is 10.8 Å². The number of aromatic hydroxyl groups is 1. The van der Waals surface area contributed by atoms with Crippen molar-refractivity contribution in [3.63, 3.8) is 0 Å². The summed E-state index contributed by atoms with van der Waals surface area (Å²) in [5.41, 5.74) is 5.65. The minimum absolute atomic E-state index is 0.0807. The van der Waals surface area contributed by atoms with Gasteiger partial charge in [-0.25, -0.2) is 12.7 Å². The van der Waals surface area contributed by atoms with Crippen LogP contribution in [-0.4, -0.2) is 31.4 Å². The van der Waals surface area contributed by atoms with Crippen LogP contribution in [0.15, 0.2) is 23.1 Å². The molecule has 20 heavy (non-hydrogen) atoms. The summed E-state index contributed by atoms with van der Waals surface area (Å²) < 4.78 is 26.3. The molecule has 0 bridgehead atoms. The normalized spacial score (nSPS) is 17.5. The van der Waals surface area contributed by atoms with Crippen molar-refractivity contribution in [3.05, 3.63) is 18.2 Å². The lowest BCUT2D eigenvalue weighted by Crippen LogP contribution is -2.32. The molecule has 2 rings (SSSR count). The van der Waals surface area contributed by atoms with Crippen LogP contribution in [-0.2, 0) is 10.0 Å². The predicted octanol–water partition coefficient (Wildman–Crippen LogP) is 2.18. The molecule has 0 atom stereocenters. The molecule has 112 valence electrons. The summed E-state index contributed by atoms with van der Waals surface area (Å²) in [5, 5.41) is 9.38. The zero-order chi connectivity index (χ0) is 14.8. The van der Waals surface area contributed by atoms with E-state index in [4.69, 9.17) is 5.73 Å². The molecule has 0 amide bonds. The molecule has 1 aliphatic carbocycles. The Kier molecular flexibility index (Phi) is 4.55. The number of hydrogen-bond acceptors (Lipinski definition) is 4. The number of nitrogens with two attached hydrogens (primary N) is 1. The second-order valence-electron chi connectivity index (χ2n) is 5.51. The van der Waals surface area contributed by atoms with Crippen molar-refractivity contribution in [1.29, 1.82) is 0 Å². The molecule has 0 aromatic heterocycles. The fraction of sp³-hybridized carbons (Fsp3) is 0.571. The van der Waals surface area contributed by atoms with Gasteiger partial charge >= 0.3 is 0 Å². The van der Waals surface area contributed by atoms with E-state index < -0.39 is 10.0 Å². The molecule has 1 saturated carbocycles. The van der Waals surface area contributed by atoms with Crippen LogP contribution in [0.3, 0.4) is 0 Å². The molecule has 1 aliphatic rings. The van der Waals surface area contributed by atoms with Gasteiger partial charge in [-0.15, -0.1) is 0 Å². The predicted molar refractivity (Wildman–Crippen MR) is 78.9 cm³/mol. The average Bonchev–Trinajstić information content (AvgIpc) is 2.42. The Balaban J connectivity index is 2.13. The van der Waals surface area contributed by atoms with E-state index in [0.717, 1.165) is 12.8 Å². The summed E-state index contributed by atoms with van der Waals surface area (Å²) in [6.07, 6.45) is 5.81. The molecule has 0 saturated heterocycles. The summed E-state index contributed by atoms with van der Waals surface area (Å²) in [4.78, 5) is 0.131. The maximum absolute atomic E-state index is 12.5. The van der Waals surface area contributed by atoms with Crippen molar-refractivity contribution >= 4 is 15.7 Å². The molecule has 1 aromatic carbocycles. The first kappa shape index (κ1) is 15.1. The van der Waals surface area contributed by atoms with Crippen molar-refractivity contribution in [2.75, 3.05) is 19.3 Å². The Morgan fingerprint density at radius 3 is 2.55 bits per heavy atom. The second kappa shape index (κ2) is 6.01. The van der Waals surface area contributed by atoms with Gasteiger partial charge in [0.2, 0.25) is 10.0 Å². The van der Waals surface area contributed by atoms with Gasteiger partial charge in [0.25, 0.3) is 0 Å². The van der Waals surface area contributed by atoms with Crippen molar-refractivity contribution in [1.82, 2.24) is 4.31 Å². The third-order valence-corrected chi connectivity index (χ3v) is 5.77. The number of benzene rings is 1. The lowest BCUT2D eigenvalue weighted by Gasteiger charge is -2.26. The highest BCUT2D eigenvalue weighted by atomic mass is 32.2. The third kappa shape index (κ3) is 3.24. The van der Waals surface area contributed by atoms with Crippen LogP contribution < -0.4 is 5.73 Å². The summed E-state index contributed by atoms with van der Waals surface area (Å²) in [6.45, 7) is 0.545. The molecule has 0 radical (unpaired) electrons. The monoisotopic (exact) mass is 298 g/mol. The summed E-state index contributed by atoms with van der Waals surface area (Å²) >= 11 is 0. The first-order chi connectivity index (χ1) is 9.41. The second-order valence-corrected chi connectivity index (χ2v) is 7.56. The Bertz CT molecular complexity index is 566. The Morgan fingerprint density at radius 1 is 1.30 bits per heavy atom. The van der Waals surface area contributed by atoms with E-state index in [-0.39, 0.29) is 16.3 Å². The number of phenols is 1. The van der Waals surface area contributed by atoms with E-state index in [2.05, 4.69) is 0 Å². The van der Waals surface area contributed by atoms with Crippen LogP contribution >= 0.6 is 0 Å². The van der Waals surface area contributed by atoms with Crippen molar-refractivity contribution < 1.29 is 13.5 Å². The highest BCUT2D eigenvalue weighted by Crippen LogP contribution is 2.28. The smallest absolute Gasteiger partial charge is 0.242 e. The maximum Gasteiger partial charge on any atom is 0.242 e. The highest BCUT2D eigenvalue weighted by Gasteiger charge is 2.25. The average molecular weight is 298 g/mol. The molecule has 0 aliphatic heterocycles. The van der Waals surface area contributed by atoms with Crippen molar-refractivity contribution in [2.24, 2.45) is 5.92 Å². The first-order valence-electron chi connectivity index (χ1n) is 6.96. The number of anilines is 1. The van der Waals surface area contributed by atoms with Crippen LogP contribution in [0.25, 0.3) is 0 Å². The summed E-state index contributed by atoms with van der Waals surface area (Å²) in [7, 11) is -1.93. The Morgan fingerprint density at radius 2 is 1.95 bits per heavy atom. The zero-order valence-electron chi connectivity index (χ0n) is 11.7. The van der Waals surface area contributed by atoms with Gasteiger partial charge in [0.05, 0.1) is 10.6 Å². The van der Waals surface area contributed by atoms with E-state index in [9.17, 15) is 13.5 Å². The van der Waals surface area contributed by atoms with E-state index >= 15 is 0 Å². The Hall–Kier alpha value is -1.27. The number of sulfonamides is 1. The molecule has 0 heterocycles. The van der Waals surface area contributed by atoms with Crippen LogP contribution in [0.2, 0.25) is 0 Å². The molecular formula is C14H22N2O3S. The van der Waals surface area contributed by atoms with Crippen LogP contribution in [0.1, 0.15) is 32.1 Å². The van der Waals surface area contributed by atoms with Gasteiger partial charge in [-0.3, -0.25) is 0 Å². The molecule has 5 nitrogen and oxygen atoms in total. The number of nitrogen functional groups attached to an aromatic ring is 1. The fourth-order valence-corrected chi connectivity index (χ4v) is 3.99. The van der Waals surface area contributed by atoms with E-state index in [1.165, 1.54) is 41.8 Å². The van der Waals surface area contributed by atoms with Crippen molar-refractivity contribution in [2.45, 2.75) is 37.0 Å². The highest BCUT2D eigenvalue weighted by molar-refractivity contribution is 7.89. The summed E-state index contributed by atoms with van der Waals surface area (Å²) in [5.74, 6) is 0.344. The summed E-state index contributed by atoms with van der Waals surface area (Å²) in [6, 6.07) is 4.01. The van der Waals surface area contributed by atoms with Crippen LogP contribution in [0, 0.1) is 5.92 Å². The van der Waals surface area contributed by atoms with E-state index in [1.54, 1.807) is 7.05 Å². The fourth-order valence-electron chi connectivity index (χ4n) is 2.70. The minimum Gasteiger partial charge on any atom is -0.506 e. The first-order valence-corrected chi connectivity index (χ1v) is 8.40. The largest absolute Gasteiger partial charge is 0.506 e. The molecule has 0 unspecified atom stereocenters. The van der Waals surface area contributed by atoms with Gasteiger partial charge in [-0.2, -0.15) is 0 Å².